The Bertz CT molecular complexity index is 687. The van der Waals surface area contributed by atoms with Crippen LogP contribution in [0.4, 0.5) is 13.2 Å². The summed E-state index contributed by atoms with van der Waals surface area (Å²) in [4.78, 5) is 15.6. The molecule has 0 radical (unpaired) electrons. The molecule has 0 aromatic heterocycles. The molecule has 7 heteroatoms. The normalized spacial score (nSPS) is 23.0. The molecule has 1 unspecified atom stereocenters. The summed E-state index contributed by atoms with van der Waals surface area (Å²) >= 11 is 0. The molecule has 0 saturated carbocycles. The highest BCUT2D eigenvalue weighted by Gasteiger charge is 2.43. The van der Waals surface area contributed by atoms with Crippen molar-refractivity contribution in [1.82, 2.24) is 10.2 Å². The maximum Gasteiger partial charge on any atom is 0.416 e. The summed E-state index contributed by atoms with van der Waals surface area (Å²) in [7, 11) is 0. The van der Waals surface area contributed by atoms with Crippen LogP contribution in [0.2, 0.25) is 0 Å². The maximum atomic E-state index is 13.2. The summed E-state index contributed by atoms with van der Waals surface area (Å²) in [6.07, 6.45) is 0.901. The van der Waals surface area contributed by atoms with Crippen molar-refractivity contribution < 1.29 is 22.7 Å². The summed E-state index contributed by atoms with van der Waals surface area (Å²) in [6.45, 7) is 5.54. The minimum absolute atomic E-state index is 0.188. The van der Waals surface area contributed by atoms with Crippen molar-refractivity contribution in [2.45, 2.75) is 63.1 Å². The molecule has 1 N–H and O–H groups in total. The van der Waals surface area contributed by atoms with E-state index in [1.165, 1.54) is 25.3 Å². The fraction of sp³-hybridized carbons (Fsp3) is 0.682. The predicted octanol–water partition coefficient (Wildman–Crippen LogP) is 4.13. The van der Waals surface area contributed by atoms with Crippen LogP contribution in [0, 0.1) is 0 Å². The molecule has 162 valence electrons. The van der Waals surface area contributed by atoms with Crippen molar-refractivity contribution in [2.24, 2.45) is 0 Å². The van der Waals surface area contributed by atoms with Gasteiger partial charge >= 0.3 is 6.18 Å². The number of hydrogen-bond donors (Lipinski definition) is 1. The van der Waals surface area contributed by atoms with E-state index in [0.717, 1.165) is 31.6 Å². The SMILES string of the molecule is CC1CCCCN1CCCNC(=O)C1(c2cccc(C(F)(F)F)c2)CCOCC1. The largest absolute Gasteiger partial charge is 0.416 e. The second-order valence-electron chi connectivity index (χ2n) is 8.26. The standard InChI is InChI=1S/C22H31F3N2O2/c1-17-6-2-3-12-27(17)13-5-11-26-20(28)21(9-14-29-15-10-21)18-7-4-8-19(16-18)22(23,24)25/h4,7-8,16-17H,2-3,5-6,9-15H2,1H3,(H,26,28). The Balaban J connectivity index is 1.66. The Morgan fingerprint density at radius 3 is 2.72 bits per heavy atom. The highest BCUT2D eigenvalue weighted by Crippen LogP contribution is 2.38. The molecule has 2 aliphatic heterocycles. The average Bonchev–Trinajstić information content (AvgIpc) is 2.72. The van der Waals surface area contributed by atoms with Gasteiger partial charge in [0.05, 0.1) is 11.0 Å². The number of alkyl halides is 3. The van der Waals surface area contributed by atoms with E-state index in [0.29, 0.717) is 44.2 Å². The van der Waals surface area contributed by atoms with E-state index in [1.54, 1.807) is 6.07 Å². The lowest BCUT2D eigenvalue weighted by Gasteiger charge is -2.37. The topological polar surface area (TPSA) is 41.6 Å². The monoisotopic (exact) mass is 412 g/mol. The van der Waals surface area contributed by atoms with Gasteiger partial charge in [-0.15, -0.1) is 0 Å². The number of rotatable bonds is 6. The van der Waals surface area contributed by atoms with Gasteiger partial charge in [0.2, 0.25) is 5.91 Å². The second-order valence-corrected chi connectivity index (χ2v) is 8.26. The number of piperidine rings is 1. The fourth-order valence-electron chi connectivity index (χ4n) is 4.50. The third kappa shape index (κ3) is 5.31. The summed E-state index contributed by atoms with van der Waals surface area (Å²) < 4.78 is 45.0. The molecular weight excluding hydrogens is 381 g/mol. The Kier molecular flexibility index (Phi) is 7.22. The first-order valence-electron chi connectivity index (χ1n) is 10.6. The zero-order chi connectivity index (χ0) is 20.9. The number of hydrogen-bond acceptors (Lipinski definition) is 3. The van der Waals surface area contributed by atoms with Gasteiger partial charge < -0.3 is 15.0 Å². The van der Waals surface area contributed by atoms with Crippen LogP contribution in [-0.2, 0) is 21.1 Å². The van der Waals surface area contributed by atoms with E-state index in [9.17, 15) is 18.0 Å². The lowest BCUT2D eigenvalue weighted by Crippen LogP contribution is -2.48. The van der Waals surface area contributed by atoms with E-state index in [4.69, 9.17) is 4.74 Å². The van der Waals surface area contributed by atoms with Crippen LogP contribution >= 0.6 is 0 Å². The molecule has 1 aromatic carbocycles. The Morgan fingerprint density at radius 1 is 1.28 bits per heavy atom. The first-order chi connectivity index (χ1) is 13.8. The minimum atomic E-state index is -4.43. The van der Waals surface area contributed by atoms with Gasteiger partial charge in [-0.05, 0) is 57.2 Å². The van der Waals surface area contributed by atoms with Crippen LogP contribution in [0.3, 0.4) is 0 Å². The summed E-state index contributed by atoms with van der Waals surface area (Å²) in [5, 5.41) is 3.00. The number of nitrogens with zero attached hydrogens (tertiary/aromatic N) is 1. The second kappa shape index (κ2) is 9.47. The molecule has 2 aliphatic rings. The molecule has 1 aromatic rings. The van der Waals surface area contributed by atoms with Crippen LogP contribution < -0.4 is 5.32 Å². The van der Waals surface area contributed by atoms with Gasteiger partial charge in [0, 0.05) is 32.3 Å². The molecule has 3 rings (SSSR count). The van der Waals surface area contributed by atoms with E-state index in [2.05, 4.69) is 17.1 Å². The van der Waals surface area contributed by atoms with Crippen LogP contribution in [0.25, 0.3) is 0 Å². The molecule has 2 heterocycles. The predicted molar refractivity (Wildman–Crippen MR) is 106 cm³/mol. The highest BCUT2D eigenvalue weighted by atomic mass is 19.4. The Morgan fingerprint density at radius 2 is 2.03 bits per heavy atom. The maximum absolute atomic E-state index is 13.2. The van der Waals surface area contributed by atoms with Crippen LogP contribution in [-0.4, -0.2) is 49.7 Å². The quantitative estimate of drug-likeness (QED) is 0.715. The van der Waals surface area contributed by atoms with Gasteiger partial charge in [-0.25, -0.2) is 0 Å². The Hall–Kier alpha value is -1.60. The first-order valence-corrected chi connectivity index (χ1v) is 10.6. The van der Waals surface area contributed by atoms with Crippen LogP contribution in [0.15, 0.2) is 24.3 Å². The molecule has 29 heavy (non-hydrogen) atoms. The van der Waals surface area contributed by atoms with Gasteiger partial charge in [-0.2, -0.15) is 13.2 Å². The Labute approximate surface area is 170 Å². The van der Waals surface area contributed by atoms with E-state index in [1.807, 2.05) is 0 Å². The van der Waals surface area contributed by atoms with Gasteiger partial charge in [-0.3, -0.25) is 4.79 Å². The minimum Gasteiger partial charge on any atom is -0.381 e. The molecule has 1 amide bonds. The molecule has 0 aliphatic carbocycles. The van der Waals surface area contributed by atoms with Crippen LogP contribution in [0.5, 0.6) is 0 Å². The molecule has 4 nitrogen and oxygen atoms in total. The van der Waals surface area contributed by atoms with Crippen molar-refractivity contribution in [1.29, 1.82) is 0 Å². The third-order valence-electron chi connectivity index (χ3n) is 6.37. The number of amides is 1. The number of benzene rings is 1. The fourth-order valence-corrected chi connectivity index (χ4v) is 4.50. The molecule has 0 bridgehead atoms. The summed E-state index contributed by atoms with van der Waals surface area (Å²) in [5.41, 5.74) is -1.25. The molecule has 2 fully saturated rings. The zero-order valence-corrected chi connectivity index (χ0v) is 17.1. The number of likely N-dealkylation sites (tertiary alicyclic amines) is 1. The molecule has 2 saturated heterocycles. The summed E-state index contributed by atoms with van der Waals surface area (Å²) in [6, 6.07) is 5.77. The van der Waals surface area contributed by atoms with Crippen molar-refractivity contribution >= 4 is 5.91 Å². The van der Waals surface area contributed by atoms with Gasteiger partial charge in [0.25, 0.3) is 0 Å². The third-order valence-corrected chi connectivity index (χ3v) is 6.37. The number of carbonyl (C=O) groups is 1. The zero-order valence-electron chi connectivity index (χ0n) is 17.1. The van der Waals surface area contributed by atoms with E-state index >= 15 is 0 Å². The lowest BCUT2D eigenvalue weighted by molar-refractivity contribution is -0.138. The average molecular weight is 412 g/mol. The molecule has 0 spiro atoms. The number of ether oxygens (including phenoxy) is 1. The summed E-state index contributed by atoms with van der Waals surface area (Å²) in [5.74, 6) is -0.188. The van der Waals surface area contributed by atoms with Crippen molar-refractivity contribution in [3.8, 4) is 0 Å². The van der Waals surface area contributed by atoms with E-state index in [-0.39, 0.29) is 5.91 Å². The highest BCUT2D eigenvalue weighted by molar-refractivity contribution is 5.88. The van der Waals surface area contributed by atoms with Crippen LogP contribution in [0.1, 0.15) is 56.6 Å². The van der Waals surface area contributed by atoms with Gasteiger partial charge in [-0.1, -0.05) is 24.6 Å². The van der Waals surface area contributed by atoms with E-state index < -0.39 is 17.2 Å². The smallest absolute Gasteiger partial charge is 0.381 e. The molecular formula is C22H31F3N2O2. The number of carbonyl (C=O) groups excluding carboxylic acids is 1. The van der Waals surface area contributed by atoms with Crippen molar-refractivity contribution in [2.75, 3.05) is 32.8 Å². The van der Waals surface area contributed by atoms with Crippen molar-refractivity contribution in [3.05, 3.63) is 35.4 Å². The van der Waals surface area contributed by atoms with Gasteiger partial charge in [0.15, 0.2) is 0 Å². The number of nitrogens with one attached hydrogen (secondary N) is 1. The first kappa shape index (κ1) is 22.1. The molecule has 1 atom stereocenters. The van der Waals surface area contributed by atoms with Crippen molar-refractivity contribution in [3.63, 3.8) is 0 Å². The van der Waals surface area contributed by atoms with Gasteiger partial charge in [0.1, 0.15) is 0 Å². The number of halogens is 3. The lowest BCUT2D eigenvalue weighted by atomic mass is 9.73.